The molecular weight excluding hydrogens is 363 g/mol. The Kier molecular flexibility index (Phi) is 6.22. The molecule has 0 amide bonds. The van der Waals surface area contributed by atoms with Crippen molar-refractivity contribution in [1.29, 1.82) is 0 Å². The topological polar surface area (TPSA) is 26.3 Å². The van der Waals surface area contributed by atoms with Gasteiger partial charge >= 0.3 is 5.97 Å². The Labute approximate surface area is 173 Å². The normalized spacial score (nSPS) is 26.9. The van der Waals surface area contributed by atoms with Crippen LogP contribution in [0.2, 0.25) is 0 Å². The third-order valence-electron chi connectivity index (χ3n) is 7.50. The van der Waals surface area contributed by atoms with Crippen LogP contribution < -0.4 is 0 Å². The van der Waals surface area contributed by atoms with Gasteiger partial charge in [-0.25, -0.2) is 9.18 Å². The molecular formula is C26H33FO2. The van der Waals surface area contributed by atoms with Crippen LogP contribution in [0.5, 0.6) is 0 Å². The zero-order valence-corrected chi connectivity index (χ0v) is 17.8. The van der Waals surface area contributed by atoms with E-state index in [4.69, 9.17) is 4.74 Å². The highest BCUT2D eigenvalue weighted by Gasteiger charge is 2.36. The van der Waals surface area contributed by atoms with Gasteiger partial charge in [-0.2, -0.15) is 0 Å². The third-order valence-corrected chi connectivity index (χ3v) is 7.50. The van der Waals surface area contributed by atoms with E-state index in [-0.39, 0.29) is 11.8 Å². The van der Waals surface area contributed by atoms with E-state index in [0.29, 0.717) is 11.5 Å². The molecule has 3 heteroatoms. The van der Waals surface area contributed by atoms with Crippen LogP contribution in [0.15, 0.2) is 30.3 Å². The van der Waals surface area contributed by atoms with Crippen LogP contribution in [0, 0.1) is 23.6 Å². The van der Waals surface area contributed by atoms with Crippen LogP contribution in [0.3, 0.4) is 0 Å². The fourth-order valence-corrected chi connectivity index (χ4v) is 5.87. The molecule has 2 fully saturated rings. The molecule has 2 aromatic rings. The predicted octanol–water partition coefficient (Wildman–Crippen LogP) is 7.26. The summed E-state index contributed by atoms with van der Waals surface area (Å²) in [5, 5.41) is 1.76. The molecule has 0 aromatic heterocycles. The number of carbonyl (C=O) groups is 1. The predicted molar refractivity (Wildman–Crippen MR) is 116 cm³/mol. The number of esters is 1. The lowest BCUT2D eigenvalue weighted by Crippen LogP contribution is -2.30. The van der Waals surface area contributed by atoms with E-state index in [0.717, 1.165) is 46.9 Å². The number of fused-ring (bicyclic) bond motifs is 2. The van der Waals surface area contributed by atoms with Gasteiger partial charge in [0.05, 0.1) is 12.7 Å². The zero-order valence-electron chi connectivity index (χ0n) is 17.8. The summed E-state index contributed by atoms with van der Waals surface area (Å²) in [6, 6.07) is 9.02. The Morgan fingerprint density at radius 3 is 2.62 bits per heavy atom. The second-order valence-electron chi connectivity index (χ2n) is 9.28. The van der Waals surface area contributed by atoms with Gasteiger partial charge in [-0.3, -0.25) is 0 Å². The number of methoxy groups -OCH3 is 1. The van der Waals surface area contributed by atoms with Crippen molar-refractivity contribution in [2.45, 2.75) is 70.6 Å². The summed E-state index contributed by atoms with van der Waals surface area (Å²) in [5.74, 6) is 2.36. The second kappa shape index (κ2) is 8.85. The number of rotatable bonds is 5. The lowest BCUT2D eigenvalue weighted by atomic mass is 9.63. The van der Waals surface area contributed by atoms with Gasteiger partial charge < -0.3 is 4.74 Å². The van der Waals surface area contributed by atoms with Crippen molar-refractivity contribution in [2.24, 2.45) is 17.8 Å². The molecule has 0 saturated heterocycles. The molecule has 2 saturated carbocycles. The average molecular weight is 397 g/mol. The van der Waals surface area contributed by atoms with Crippen LogP contribution in [0.4, 0.5) is 4.39 Å². The van der Waals surface area contributed by atoms with Gasteiger partial charge in [0.15, 0.2) is 0 Å². The van der Waals surface area contributed by atoms with E-state index in [9.17, 15) is 4.79 Å². The molecule has 2 nitrogen and oxygen atoms in total. The highest BCUT2D eigenvalue weighted by molar-refractivity contribution is 5.95. The van der Waals surface area contributed by atoms with E-state index < -0.39 is 0 Å². The lowest BCUT2D eigenvalue weighted by Gasteiger charge is -2.42. The molecule has 4 unspecified atom stereocenters. The smallest absolute Gasteiger partial charge is 0.337 e. The Bertz CT molecular complexity index is 874. The minimum Gasteiger partial charge on any atom is -0.465 e. The van der Waals surface area contributed by atoms with E-state index >= 15 is 4.39 Å². The van der Waals surface area contributed by atoms with Gasteiger partial charge in [-0.05, 0) is 96.4 Å². The molecule has 0 spiro atoms. The molecule has 4 atom stereocenters. The minimum absolute atomic E-state index is 0.125. The number of ether oxygens (including phenoxy) is 1. The Hall–Kier alpha value is -1.90. The van der Waals surface area contributed by atoms with Crippen LogP contribution in [-0.2, 0) is 4.74 Å². The summed E-state index contributed by atoms with van der Waals surface area (Å²) < 4.78 is 19.8. The molecule has 2 aromatic carbocycles. The molecule has 0 radical (unpaired) electrons. The first-order chi connectivity index (χ1) is 14.1. The largest absolute Gasteiger partial charge is 0.465 e. The first-order valence-electron chi connectivity index (χ1n) is 11.4. The van der Waals surface area contributed by atoms with Gasteiger partial charge in [-0.1, -0.05) is 38.7 Å². The highest BCUT2D eigenvalue weighted by Crippen LogP contribution is 2.49. The third kappa shape index (κ3) is 4.34. The molecule has 156 valence electrons. The van der Waals surface area contributed by atoms with Gasteiger partial charge in [0.25, 0.3) is 0 Å². The molecule has 0 aliphatic heterocycles. The fourth-order valence-electron chi connectivity index (χ4n) is 5.87. The summed E-state index contributed by atoms with van der Waals surface area (Å²) in [6.07, 6.45) is 11.6. The summed E-state index contributed by atoms with van der Waals surface area (Å²) >= 11 is 0. The van der Waals surface area contributed by atoms with Gasteiger partial charge in [0.2, 0.25) is 0 Å². The second-order valence-corrected chi connectivity index (χ2v) is 9.28. The molecule has 0 bridgehead atoms. The highest BCUT2D eigenvalue weighted by atomic mass is 19.1. The standard InChI is InChI=1S/C26H33FO2/c1-3-4-5-17-6-7-19-13-21(10-8-18(19)12-17)24-15-20-9-11-22(26(28)29-2)14-23(20)16-25(24)27/h9,11,14-19,21H,3-8,10,12-13H2,1-2H3. The number of unbranched alkanes of at least 4 members (excludes halogenated alkanes) is 1. The molecule has 2 aliphatic rings. The van der Waals surface area contributed by atoms with Gasteiger partial charge in [-0.15, -0.1) is 0 Å². The fraction of sp³-hybridized carbons (Fsp3) is 0.577. The first kappa shape index (κ1) is 20.4. The van der Waals surface area contributed by atoms with Crippen molar-refractivity contribution in [3.05, 3.63) is 47.3 Å². The number of halogens is 1. The maximum absolute atomic E-state index is 15.0. The Balaban J connectivity index is 1.49. The quantitative estimate of drug-likeness (QED) is 0.497. The van der Waals surface area contributed by atoms with Crippen molar-refractivity contribution < 1.29 is 13.9 Å². The molecule has 29 heavy (non-hydrogen) atoms. The van der Waals surface area contributed by atoms with Gasteiger partial charge in [0.1, 0.15) is 5.82 Å². The number of benzene rings is 2. The molecule has 0 heterocycles. The monoisotopic (exact) mass is 396 g/mol. The van der Waals surface area contributed by atoms with Crippen molar-refractivity contribution in [3.8, 4) is 0 Å². The summed E-state index contributed by atoms with van der Waals surface area (Å²) in [5.41, 5.74) is 1.34. The summed E-state index contributed by atoms with van der Waals surface area (Å²) in [6.45, 7) is 2.28. The molecule has 4 rings (SSSR count). The maximum Gasteiger partial charge on any atom is 0.337 e. The molecule has 0 N–H and O–H groups in total. The van der Waals surface area contributed by atoms with Crippen LogP contribution in [-0.4, -0.2) is 13.1 Å². The van der Waals surface area contributed by atoms with E-state index in [1.54, 1.807) is 18.2 Å². The van der Waals surface area contributed by atoms with Crippen LogP contribution >= 0.6 is 0 Å². The first-order valence-corrected chi connectivity index (χ1v) is 11.4. The van der Waals surface area contributed by atoms with Crippen LogP contribution in [0.25, 0.3) is 10.8 Å². The number of hydrogen-bond acceptors (Lipinski definition) is 2. The van der Waals surface area contributed by atoms with Crippen molar-refractivity contribution in [3.63, 3.8) is 0 Å². The molecule has 2 aliphatic carbocycles. The van der Waals surface area contributed by atoms with Crippen molar-refractivity contribution in [2.75, 3.05) is 7.11 Å². The Morgan fingerprint density at radius 2 is 1.83 bits per heavy atom. The maximum atomic E-state index is 15.0. The van der Waals surface area contributed by atoms with Gasteiger partial charge in [0, 0.05) is 0 Å². The van der Waals surface area contributed by atoms with Crippen molar-refractivity contribution in [1.82, 2.24) is 0 Å². The minimum atomic E-state index is -0.385. The Morgan fingerprint density at radius 1 is 1.03 bits per heavy atom. The van der Waals surface area contributed by atoms with E-state index in [1.807, 2.05) is 12.1 Å². The van der Waals surface area contributed by atoms with Crippen LogP contribution in [0.1, 0.15) is 86.6 Å². The number of carbonyl (C=O) groups excluding carboxylic acids is 1. The van der Waals surface area contributed by atoms with Crippen molar-refractivity contribution >= 4 is 16.7 Å². The SMILES string of the molecule is CCCCC1CCC2CC(c3cc4ccc(C(=O)OC)cc4cc3F)CCC2C1. The zero-order chi connectivity index (χ0) is 20.4. The number of hydrogen-bond donors (Lipinski definition) is 0. The van der Waals surface area contributed by atoms with E-state index in [2.05, 4.69) is 6.92 Å². The van der Waals surface area contributed by atoms with E-state index in [1.165, 1.54) is 52.1 Å². The average Bonchev–Trinajstić information content (AvgIpc) is 2.75. The summed E-state index contributed by atoms with van der Waals surface area (Å²) in [7, 11) is 1.36. The summed E-state index contributed by atoms with van der Waals surface area (Å²) in [4.78, 5) is 11.8. The lowest BCUT2D eigenvalue weighted by molar-refractivity contribution is 0.0601.